The summed E-state index contributed by atoms with van der Waals surface area (Å²) >= 11 is 0. The van der Waals surface area contributed by atoms with Gasteiger partial charge in [0.05, 0.1) is 0 Å². The fraction of sp³-hybridized carbons (Fsp3) is 0.308. The van der Waals surface area contributed by atoms with Crippen LogP contribution in [0.25, 0.3) is 0 Å². The van der Waals surface area contributed by atoms with Gasteiger partial charge in [-0.05, 0) is 12.5 Å². The fourth-order valence-electron chi connectivity index (χ4n) is 1.71. The second kappa shape index (κ2) is 4.81. The molecule has 0 aliphatic carbocycles. The minimum absolute atomic E-state index is 0.0135. The molecular formula is C13H13NO5. The highest BCUT2D eigenvalue weighted by Gasteiger charge is 2.40. The molecule has 1 N–H and O–H groups in total. The summed E-state index contributed by atoms with van der Waals surface area (Å²) in [7, 11) is 0. The Hall–Kier alpha value is -2.21. The SMILES string of the molecule is CC(O)(C(=O)ON1C(=O)CCC1=O)c1ccccc1. The molecule has 0 radical (unpaired) electrons. The van der Waals surface area contributed by atoms with Crippen LogP contribution in [0.5, 0.6) is 0 Å². The molecule has 100 valence electrons. The molecule has 2 rings (SSSR count). The third-order valence-corrected chi connectivity index (χ3v) is 2.91. The number of hydrogen-bond acceptors (Lipinski definition) is 5. The Bertz CT molecular complexity index is 507. The van der Waals surface area contributed by atoms with Crippen molar-refractivity contribution in [2.24, 2.45) is 0 Å². The summed E-state index contributed by atoms with van der Waals surface area (Å²) in [5.41, 5.74) is -1.61. The van der Waals surface area contributed by atoms with Crippen LogP contribution in [-0.4, -0.2) is 28.0 Å². The molecule has 0 saturated carbocycles. The Balaban J connectivity index is 2.15. The topological polar surface area (TPSA) is 83.9 Å². The summed E-state index contributed by atoms with van der Waals surface area (Å²) in [5.74, 6) is -2.23. The second-order valence-corrected chi connectivity index (χ2v) is 4.40. The van der Waals surface area contributed by atoms with Crippen molar-refractivity contribution in [1.29, 1.82) is 0 Å². The van der Waals surface area contributed by atoms with Gasteiger partial charge in [0.1, 0.15) is 0 Å². The zero-order chi connectivity index (χ0) is 14.0. The van der Waals surface area contributed by atoms with Crippen molar-refractivity contribution >= 4 is 17.8 Å². The highest BCUT2D eigenvalue weighted by Crippen LogP contribution is 2.23. The lowest BCUT2D eigenvalue weighted by Gasteiger charge is -2.23. The van der Waals surface area contributed by atoms with E-state index in [0.717, 1.165) is 0 Å². The monoisotopic (exact) mass is 263 g/mol. The van der Waals surface area contributed by atoms with Crippen LogP contribution in [0, 0.1) is 0 Å². The highest BCUT2D eigenvalue weighted by atomic mass is 16.7. The maximum atomic E-state index is 11.9. The molecule has 1 aromatic rings. The molecule has 0 spiro atoms. The maximum absolute atomic E-state index is 11.9. The summed E-state index contributed by atoms with van der Waals surface area (Å²) in [6.45, 7) is 1.25. The van der Waals surface area contributed by atoms with Crippen molar-refractivity contribution in [2.45, 2.75) is 25.4 Å². The molecule has 2 amide bonds. The van der Waals surface area contributed by atoms with Gasteiger partial charge in [0.2, 0.25) is 0 Å². The fourth-order valence-corrected chi connectivity index (χ4v) is 1.71. The number of benzene rings is 1. The molecule has 1 atom stereocenters. The number of hydroxylamine groups is 2. The van der Waals surface area contributed by atoms with Crippen LogP contribution >= 0.6 is 0 Å². The maximum Gasteiger partial charge on any atom is 0.368 e. The Labute approximate surface area is 109 Å². The van der Waals surface area contributed by atoms with Crippen LogP contribution < -0.4 is 0 Å². The van der Waals surface area contributed by atoms with Gasteiger partial charge >= 0.3 is 5.97 Å². The van der Waals surface area contributed by atoms with Gasteiger partial charge in [0, 0.05) is 12.8 Å². The lowest BCUT2D eigenvalue weighted by atomic mass is 9.96. The van der Waals surface area contributed by atoms with Gasteiger partial charge in [0.25, 0.3) is 11.8 Å². The Morgan fingerprint density at radius 2 is 1.74 bits per heavy atom. The molecule has 6 heteroatoms. The zero-order valence-corrected chi connectivity index (χ0v) is 10.3. The number of amides is 2. The van der Waals surface area contributed by atoms with E-state index in [1.807, 2.05) is 0 Å². The van der Waals surface area contributed by atoms with E-state index in [4.69, 9.17) is 4.84 Å². The first kappa shape index (κ1) is 13.2. The molecule has 0 bridgehead atoms. The first-order valence-corrected chi connectivity index (χ1v) is 5.79. The van der Waals surface area contributed by atoms with Crippen LogP contribution in [0.4, 0.5) is 0 Å². The van der Waals surface area contributed by atoms with E-state index in [1.54, 1.807) is 30.3 Å². The van der Waals surface area contributed by atoms with E-state index in [0.29, 0.717) is 10.6 Å². The molecule has 19 heavy (non-hydrogen) atoms. The molecule has 0 aromatic heterocycles. The molecule has 1 saturated heterocycles. The Kier molecular flexibility index (Phi) is 3.35. The smallest absolute Gasteiger partial charge is 0.368 e. The number of hydrogen-bond donors (Lipinski definition) is 1. The van der Waals surface area contributed by atoms with Crippen molar-refractivity contribution in [3.63, 3.8) is 0 Å². The van der Waals surface area contributed by atoms with E-state index in [2.05, 4.69) is 0 Å². The van der Waals surface area contributed by atoms with E-state index in [1.165, 1.54) is 6.92 Å². The highest BCUT2D eigenvalue weighted by molar-refractivity contribution is 6.02. The predicted molar refractivity (Wildman–Crippen MR) is 63.2 cm³/mol. The molecule has 1 heterocycles. The summed E-state index contributed by atoms with van der Waals surface area (Å²) in [6.07, 6.45) is 0.0270. The average Bonchev–Trinajstić information content (AvgIpc) is 2.71. The average molecular weight is 263 g/mol. The number of aliphatic hydroxyl groups is 1. The van der Waals surface area contributed by atoms with Gasteiger partial charge in [-0.1, -0.05) is 30.3 Å². The van der Waals surface area contributed by atoms with Gasteiger partial charge in [0.15, 0.2) is 5.60 Å². The number of carbonyl (C=O) groups excluding carboxylic acids is 3. The van der Waals surface area contributed by atoms with E-state index in [-0.39, 0.29) is 12.8 Å². The van der Waals surface area contributed by atoms with Crippen LogP contribution in [0.15, 0.2) is 30.3 Å². The Morgan fingerprint density at radius 3 is 2.26 bits per heavy atom. The third kappa shape index (κ3) is 2.48. The lowest BCUT2D eigenvalue weighted by Crippen LogP contribution is -2.41. The van der Waals surface area contributed by atoms with Crippen molar-refractivity contribution < 1.29 is 24.3 Å². The normalized spacial score (nSPS) is 18.3. The van der Waals surface area contributed by atoms with Crippen molar-refractivity contribution in [3.8, 4) is 0 Å². The van der Waals surface area contributed by atoms with Crippen LogP contribution in [0.2, 0.25) is 0 Å². The van der Waals surface area contributed by atoms with Crippen molar-refractivity contribution in [3.05, 3.63) is 35.9 Å². The van der Waals surface area contributed by atoms with Crippen molar-refractivity contribution in [2.75, 3.05) is 0 Å². The third-order valence-electron chi connectivity index (χ3n) is 2.91. The molecule has 1 aromatic carbocycles. The number of nitrogens with zero attached hydrogens (tertiary/aromatic N) is 1. The van der Waals surface area contributed by atoms with Gasteiger partial charge < -0.3 is 9.94 Å². The van der Waals surface area contributed by atoms with Gasteiger partial charge in [-0.3, -0.25) is 9.59 Å². The lowest BCUT2D eigenvalue weighted by molar-refractivity contribution is -0.210. The quantitative estimate of drug-likeness (QED) is 0.803. The van der Waals surface area contributed by atoms with Gasteiger partial charge in [-0.15, -0.1) is 5.06 Å². The van der Waals surface area contributed by atoms with Crippen LogP contribution in [0.1, 0.15) is 25.3 Å². The largest absolute Gasteiger partial charge is 0.374 e. The number of imide groups is 1. The van der Waals surface area contributed by atoms with Crippen LogP contribution in [-0.2, 0) is 24.8 Å². The number of carbonyl (C=O) groups is 3. The van der Waals surface area contributed by atoms with Crippen LogP contribution in [0.3, 0.4) is 0 Å². The van der Waals surface area contributed by atoms with Gasteiger partial charge in [-0.25, -0.2) is 4.79 Å². The first-order chi connectivity index (χ1) is 8.93. The second-order valence-electron chi connectivity index (χ2n) is 4.40. The van der Waals surface area contributed by atoms with E-state index >= 15 is 0 Å². The molecule has 1 fully saturated rings. The minimum atomic E-state index is -1.93. The predicted octanol–water partition coefficient (Wildman–Crippen LogP) is 0.501. The van der Waals surface area contributed by atoms with E-state index < -0.39 is 23.4 Å². The summed E-state index contributed by atoms with van der Waals surface area (Å²) in [6, 6.07) is 8.15. The molecule has 1 aliphatic rings. The van der Waals surface area contributed by atoms with Gasteiger partial charge in [-0.2, -0.15) is 0 Å². The van der Waals surface area contributed by atoms with Crippen molar-refractivity contribution in [1.82, 2.24) is 5.06 Å². The molecule has 1 unspecified atom stereocenters. The molecular weight excluding hydrogens is 250 g/mol. The molecule has 1 aliphatic heterocycles. The summed E-state index contributed by atoms with van der Waals surface area (Å²) in [4.78, 5) is 39.3. The minimum Gasteiger partial charge on any atom is -0.374 e. The Morgan fingerprint density at radius 1 is 1.21 bits per heavy atom. The standard InChI is InChI=1S/C13H13NO5/c1-13(18,9-5-3-2-4-6-9)12(17)19-14-10(15)7-8-11(14)16/h2-6,18H,7-8H2,1H3. The summed E-state index contributed by atoms with van der Waals surface area (Å²) in [5, 5.41) is 10.6. The number of rotatable bonds is 3. The first-order valence-electron chi connectivity index (χ1n) is 5.79. The summed E-state index contributed by atoms with van der Waals surface area (Å²) < 4.78 is 0. The molecule has 6 nitrogen and oxygen atoms in total. The van der Waals surface area contributed by atoms with E-state index in [9.17, 15) is 19.5 Å². The zero-order valence-electron chi connectivity index (χ0n) is 10.3.